The van der Waals surface area contributed by atoms with Crippen LogP contribution in [0.4, 0.5) is 4.39 Å². The van der Waals surface area contributed by atoms with Gasteiger partial charge in [-0.2, -0.15) is 0 Å². The summed E-state index contributed by atoms with van der Waals surface area (Å²) in [6.07, 6.45) is 3.72. The Balaban J connectivity index is 2.18. The molecule has 3 rings (SSSR count). The van der Waals surface area contributed by atoms with Gasteiger partial charge in [0.15, 0.2) is 0 Å². The van der Waals surface area contributed by atoms with Gasteiger partial charge in [-0.1, -0.05) is 0 Å². The molecule has 1 aromatic carbocycles. The minimum absolute atomic E-state index is 0.120. The molecule has 2 heterocycles. The van der Waals surface area contributed by atoms with Gasteiger partial charge in [-0.05, 0) is 42.5 Å². The van der Waals surface area contributed by atoms with E-state index in [1.54, 1.807) is 13.2 Å². The first-order valence-electron chi connectivity index (χ1n) is 6.39. The van der Waals surface area contributed by atoms with Gasteiger partial charge in [0.25, 0.3) is 0 Å². The fraction of sp³-hybridized carbons (Fsp3) is 0.125. The molecule has 0 saturated heterocycles. The number of halogens is 1. The van der Waals surface area contributed by atoms with Gasteiger partial charge >= 0.3 is 0 Å². The zero-order valence-electron chi connectivity index (χ0n) is 11.1. The summed E-state index contributed by atoms with van der Waals surface area (Å²) in [5.74, 6) is 0.273. The molecule has 0 bridgehead atoms. The van der Waals surface area contributed by atoms with E-state index in [-0.39, 0.29) is 11.7 Å². The molecule has 0 spiro atoms. The molecule has 20 heavy (non-hydrogen) atoms. The van der Waals surface area contributed by atoms with E-state index in [9.17, 15) is 4.39 Å². The molecule has 3 nitrogen and oxygen atoms in total. The number of hydrogen-bond donors (Lipinski definition) is 2. The topological polar surface area (TPSA) is 40.8 Å². The summed E-state index contributed by atoms with van der Waals surface area (Å²) < 4.78 is 19.0. The highest BCUT2D eigenvalue weighted by molar-refractivity contribution is 5.46. The highest BCUT2D eigenvalue weighted by Crippen LogP contribution is 2.36. The van der Waals surface area contributed by atoms with E-state index in [2.05, 4.69) is 9.97 Å². The Morgan fingerprint density at radius 1 is 1.00 bits per heavy atom. The SMILES string of the molecule is COc1ccc(F)cc1C(c1ccc[nH]1)c1ccc[nH]1. The van der Waals surface area contributed by atoms with E-state index in [4.69, 9.17) is 4.74 Å². The quantitative estimate of drug-likeness (QED) is 0.746. The minimum atomic E-state index is -0.274. The third-order valence-electron chi connectivity index (χ3n) is 3.37. The standard InChI is InChI=1S/C16H15FN2O/c1-20-15-7-6-11(17)10-12(15)16(13-4-2-8-18-13)14-5-3-9-19-14/h2-10,16,18-19H,1H3. The van der Waals surface area contributed by atoms with Crippen LogP contribution in [-0.4, -0.2) is 17.1 Å². The minimum Gasteiger partial charge on any atom is -0.496 e. The van der Waals surface area contributed by atoms with Crippen molar-refractivity contribution in [3.63, 3.8) is 0 Å². The predicted octanol–water partition coefficient (Wildman–Crippen LogP) is 3.67. The average Bonchev–Trinajstić information content (AvgIpc) is 3.13. The van der Waals surface area contributed by atoms with E-state index < -0.39 is 0 Å². The zero-order chi connectivity index (χ0) is 13.9. The molecule has 0 amide bonds. The van der Waals surface area contributed by atoms with Crippen molar-refractivity contribution in [2.75, 3.05) is 7.11 Å². The first-order valence-corrected chi connectivity index (χ1v) is 6.39. The normalized spacial score (nSPS) is 10.9. The van der Waals surface area contributed by atoms with Crippen LogP contribution in [0.2, 0.25) is 0 Å². The van der Waals surface area contributed by atoms with Crippen LogP contribution in [0.5, 0.6) is 5.75 Å². The number of nitrogens with one attached hydrogen (secondary N) is 2. The number of ether oxygens (including phenoxy) is 1. The summed E-state index contributed by atoms with van der Waals surface area (Å²) in [6.45, 7) is 0. The Morgan fingerprint density at radius 3 is 2.15 bits per heavy atom. The monoisotopic (exact) mass is 270 g/mol. The molecule has 102 valence electrons. The molecular formula is C16H15FN2O. The van der Waals surface area contributed by atoms with Crippen molar-refractivity contribution in [2.24, 2.45) is 0 Å². The lowest BCUT2D eigenvalue weighted by Crippen LogP contribution is -2.06. The summed E-state index contributed by atoms with van der Waals surface area (Å²) in [5, 5.41) is 0. The molecular weight excluding hydrogens is 255 g/mol. The van der Waals surface area contributed by atoms with Gasteiger partial charge in [0.05, 0.1) is 13.0 Å². The van der Waals surface area contributed by atoms with Crippen LogP contribution < -0.4 is 4.74 Å². The lowest BCUT2D eigenvalue weighted by molar-refractivity contribution is 0.407. The van der Waals surface area contributed by atoms with Crippen LogP contribution >= 0.6 is 0 Å². The maximum Gasteiger partial charge on any atom is 0.123 e. The van der Waals surface area contributed by atoms with E-state index in [0.29, 0.717) is 5.75 Å². The highest BCUT2D eigenvalue weighted by atomic mass is 19.1. The second kappa shape index (κ2) is 5.25. The Bertz CT molecular complexity index is 640. The van der Waals surface area contributed by atoms with Crippen molar-refractivity contribution in [2.45, 2.75) is 5.92 Å². The maximum atomic E-state index is 13.7. The van der Waals surface area contributed by atoms with Crippen molar-refractivity contribution in [3.8, 4) is 5.75 Å². The molecule has 0 saturated carbocycles. The van der Waals surface area contributed by atoms with Crippen molar-refractivity contribution in [3.05, 3.63) is 77.6 Å². The summed E-state index contributed by atoms with van der Waals surface area (Å²) in [5.41, 5.74) is 2.75. The highest BCUT2D eigenvalue weighted by Gasteiger charge is 2.22. The third kappa shape index (κ3) is 2.20. The Morgan fingerprint density at radius 2 is 1.65 bits per heavy atom. The number of hydrogen-bond acceptors (Lipinski definition) is 1. The van der Waals surface area contributed by atoms with Crippen LogP contribution in [-0.2, 0) is 0 Å². The Kier molecular flexibility index (Phi) is 3.29. The zero-order valence-corrected chi connectivity index (χ0v) is 11.1. The van der Waals surface area contributed by atoms with E-state index in [1.807, 2.05) is 36.7 Å². The van der Waals surface area contributed by atoms with E-state index >= 15 is 0 Å². The van der Waals surface area contributed by atoms with Crippen molar-refractivity contribution in [1.29, 1.82) is 0 Å². The number of methoxy groups -OCH3 is 1. The van der Waals surface area contributed by atoms with Crippen LogP contribution in [0.25, 0.3) is 0 Å². The first kappa shape index (κ1) is 12.5. The molecule has 2 N–H and O–H groups in total. The summed E-state index contributed by atoms with van der Waals surface area (Å²) in [7, 11) is 1.59. The number of H-pyrrole nitrogens is 2. The van der Waals surface area contributed by atoms with Gasteiger partial charge in [0.2, 0.25) is 0 Å². The van der Waals surface area contributed by atoms with Crippen molar-refractivity contribution < 1.29 is 9.13 Å². The first-order chi connectivity index (χ1) is 9.79. The average molecular weight is 270 g/mol. The smallest absolute Gasteiger partial charge is 0.123 e. The largest absolute Gasteiger partial charge is 0.496 e. The molecule has 3 aromatic rings. The number of aromatic nitrogens is 2. The Labute approximate surface area is 116 Å². The second-order valence-electron chi connectivity index (χ2n) is 4.57. The van der Waals surface area contributed by atoms with E-state index in [1.165, 1.54) is 12.1 Å². The number of rotatable bonds is 4. The molecule has 0 aliphatic carbocycles. The second-order valence-corrected chi connectivity index (χ2v) is 4.57. The lowest BCUT2D eigenvalue weighted by Gasteiger charge is -2.18. The van der Waals surface area contributed by atoms with Gasteiger partial charge in [0, 0.05) is 29.3 Å². The van der Waals surface area contributed by atoms with Gasteiger partial charge in [-0.15, -0.1) is 0 Å². The summed E-state index contributed by atoms with van der Waals surface area (Å²) >= 11 is 0. The summed E-state index contributed by atoms with van der Waals surface area (Å²) in [4.78, 5) is 6.39. The third-order valence-corrected chi connectivity index (χ3v) is 3.37. The lowest BCUT2D eigenvalue weighted by atomic mass is 9.91. The van der Waals surface area contributed by atoms with Crippen LogP contribution in [0.15, 0.2) is 54.9 Å². The molecule has 0 radical (unpaired) electrons. The molecule has 2 aromatic heterocycles. The van der Waals surface area contributed by atoms with Gasteiger partial charge < -0.3 is 14.7 Å². The maximum absolute atomic E-state index is 13.7. The summed E-state index contributed by atoms with van der Waals surface area (Å²) in [6, 6.07) is 12.4. The van der Waals surface area contributed by atoms with Crippen LogP contribution in [0.1, 0.15) is 22.9 Å². The van der Waals surface area contributed by atoms with E-state index in [0.717, 1.165) is 17.0 Å². The van der Waals surface area contributed by atoms with Crippen molar-refractivity contribution in [1.82, 2.24) is 9.97 Å². The van der Waals surface area contributed by atoms with Gasteiger partial charge in [-0.25, -0.2) is 4.39 Å². The molecule has 0 unspecified atom stereocenters. The van der Waals surface area contributed by atoms with Crippen LogP contribution in [0, 0.1) is 5.82 Å². The van der Waals surface area contributed by atoms with Crippen LogP contribution in [0.3, 0.4) is 0 Å². The van der Waals surface area contributed by atoms with Crippen molar-refractivity contribution >= 4 is 0 Å². The fourth-order valence-electron chi connectivity index (χ4n) is 2.48. The number of aromatic amines is 2. The molecule has 0 fully saturated rings. The molecule has 0 atom stereocenters. The van der Waals surface area contributed by atoms with Gasteiger partial charge in [-0.3, -0.25) is 0 Å². The molecule has 0 aliphatic rings. The Hall–Kier alpha value is -2.49. The molecule has 4 heteroatoms. The number of benzene rings is 1. The fourth-order valence-corrected chi connectivity index (χ4v) is 2.48. The molecule has 0 aliphatic heterocycles. The van der Waals surface area contributed by atoms with Gasteiger partial charge in [0.1, 0.15) is 11.6 Å². The predicted molar refractivity (Wildman–Crippen MR) is 75.5 cm³/mol.